The molecule has 39 heavy (non-hydrogen) atoms. The van der Waals surface area contributed by atoms with Gasteiger partial charge in [-0.15, -0.1) is 0 Å². The number of nitrogens with zero attached hydrogens (tertiary/aromatic N) is 6. The molecule has 0 amide bonds. The third kappa shape index (κ3) is 6.20. The fourth-order valence-corrected chi connectivity index (χ4v) is 5.59. The number of likely N-dealkylation sites (N-methyl/N-ethyl adjacent to an activating group) is 1. The van der Waals surface area contributed by atoms with Crippen molar-refractivity contribution in [3.05, 3.63) is 59.4 Å². The van der Waals surface area contributed by atoms with Gasteiger partial charge in [-0.05, 0) is 56.0 Å². The van der Waals surface area contributed by atoms with Gasteiger partial charge in [-0.3, -0.25) is 4.90 Å². The summed E-state index contributed by atoms with van der Waals surface area (Å²) in [6.45, 7) is 17.7. The van der Waals surface area contributed by atoms with Crippen molar-refractivity contribution in [3.63, 3.8) is 0 Å². The molecule has 2 aromatic heterocycles. The first-order valence-electron chi connectivity index (χ1n) is 13.9. The van der Waals surface area contributed by atoms with Crippen LogP contribution in [-0.4, -0.2) is 70.1 Å². The van der Waals surface area contributed by atoms with Gasteiger partial charge in [0.1, 0.15) is 17.3 Å². The Morgan fingerprint density at radius 1 is 0.974 bits per heavy atom. The molecule has 4 heterocycles. The highest BCUT2D eigenvalue weighted by molar-refractivity contribution is 5.71. The predicted octanol–water partition coefficient (Wildman–Crippen LogP) is 5.50. The van der Waals surface area contributed by atoms with Crippen LogP contribution in [0, 0.1) is 17.0 Å². The molecule has 0 aliphatic carbocycles. The van der Waals surface area contributed by atoms with Gasteiger partial charge in [0, 0.05) is 68.3 Å². The van der Waals surface area contributed by atoms with Gasteiger partial charge in [0.2, 0.25) is 5.95 Å². The van der Waals surface area contributed by atoms with Crippen LogP contribution in [0.15, 0.2) is 36.7 Å². The van der Waals surface area contributed by atoms with Crippen molar-refractivity contribution in [1.82, 2.24) is 24.8 Å². The lowest BCUT2D eigenvalue weighted by Crippen LogP contribution is -2.45. The van der Waals surface area contributed by atoms with Crippen molar-refractivity contribution in [2.24, 2.45) is 5.41 Å². The first-order chi connectivity index (χ1) is 18.6. The minimum absolute atomic E-state index is 0.0521. The fraction of sp³-hybridized carbons (Fsp3) is 0.500. The van der Waals surface area contributed by atoms with Gasteiger partial charge in [0.15, 0.2) is 5.82 Å². The van der Waals surface area contributed by atoms with E-state index >= 15 is 4.39 Å². The Morgan fingerprint density at radius 2 is 1.72 bits per heavy atom. The second-order valence-electron chi connectivity index (χ2n) is 11.8. The summed E-state index contributed by atoms with van der Waals surface area (Å²) in [5, 5.41) is 3.08. The van der Waals surface area contributed by atoms with Crippen LogP contribution in [0.5, 0.6) is 0 Å². The smallest absolute Gasteiger partial charge is 0.229 e. The number of benzene rings is 1. The molecule has 0 unspecified atom stereocenters. The van der Waals surface area contributed by atoms with Crippen LogP contribution in [0.1, 0.15) is 45.7 Å². The normalized spacial score (nSPS) is 17.9. The lowest BCUT2D eigenvalue weighted by atomic mass is 9.80. The third-order valence-corrected chi connectivity index (χ3v) is 7.76. The second kappa shape index (κ2) is 11.1. The molecule has 208 valence electrons. The molecule has 0 radical (unpaired) electrons. The zero-order valence-corrected chi connectivity index (χ0v) is 23.6. The summed E-state index contributed by atoms with van der Waals surface area (Å²) >= 11 is 0. The van der Waals surface area contributed by atoms with Gasteiger partial charge in [-0.25, -0.2) is 23.7 Å². The van der Waals surface area contributed by atoms with Crippen molar-refractivity contribution < 1.29 is 8.78 Å². The molecule has 5 rings (SSSR count). The van der Waals surface area contributed by atoms with E-state index in [1.807, 2.05) is 24.4 Å². The van der Waals surface area contributed by atoms with E-state index in [0.29, 0.717) is 23.4 Å². The molecule has 3 aromatic rings. The summed E-state index contributed by atoms with van der Waals surface area (Å²) in [7, 11) is 0. The van der Waals surface area contributed by atoms with E-state index in [1.165, 1.54) is 6.07 Å². The fourth-order valence-electron chi connectivity index (χ4n) is 5.59. The Labute approximate surface area is 230 Å². The third-order valence-electron chi connectivity index (χ3n) is 7.76. The SMILES string of the molecule is CCN1CCN(Cc2ccc(Nc3ncc(F)c(-c4cc(F)c5c(c4)N(C(C)C)CC(C)(C)C5)n3)nc2)CC1. The Hall–Kier alpha value is -3.17. The second-order valence-corrected chi connectivity index (χ2v) is 11.8. The van der Waals surface area contributed by atoms with E-state index in [1.54, 1.807) is 0 Å². The molecule has 2 aliphatic heterocycles. The lowest BCUT2D eigenvalue weighted by molar-refractivity contribution is 0.132. The minimum Gasteiger partial charge on any atom is -0.368 e. The number of aromatic nitrogens is 3. The van der Waals surface area contributed by atoms with Crippen LogP contribution < -0.4 is 10.2 Å². The lowest BCUT2D eigenvalue weighted by Gasteiger charge is -2.43. The number of pyridine rings is 1. The maximum absolute atomic E-state index is 15.4. The first-order valence-corrected chi connectivity index (χ1v) is 13.9. The van der Waals surface area contributed by atoms with E-state index in [4.69, 9.17) is 0 Å². The van der Waals surface area contributed by atoms with Gasteiger partial charge in [-0.2, -0.15) is 0 Å². The molecule has 0 spiro atoms. The van der Waals surface area contributed by atoms with E-state index in [-0.39, 0.29) is 28.9 Å². The number of anilines is 3. The van der Waals surface area contributed by atoms with Crippen molar-refractivity contribution in [2.75, 3.05) is 49.5 Å². The van der Waals surface area contributed by atoms with Crippen molar-refractivity contribution in [3.8, 4) is 11.3 Å². The molecule has 7 nitrogen and oxygen atoms in total. The summed E-state index contributed by atoms with van der Waals surface area (Å²) in [6.07, 6.45) is 3.60. The topological polar surface area (TPSA) is 60.4 Å². The van der Waals surface area contributed by atoms with Crippen LogP contribution in [-0.2, 0) is 13.0 Å². The van der Waals surface area contributed by atoms with Gasteiger partial charge >= 0.3 is 0 Å². The van der Waals surface area contributed by atoms with Crippen LogP contribution >= 0.6 is 0 Å². The minimum atomic E-state index is -0.599. The molecule has 1 saturated heterocycles. The Morgan fingerprint density at radius 3 is 2.38 bits per heavy atom. The molecule has 0 saturated carbocycles. The van der Waals surface area contributed by atoms with Crippen molar-refractivity contribution in [1.29, 1.82) is 0 Å². The van der Waals surface area contributed by atoms with Crippen molar-refractivity contribution >= 4 is 17.5 Å². The number of rotatable bonds is 7. The Kier molecular flexibility index (Phi) is 7.82. The first kappa shape index (κ1) is 27.4. The van der Waals surface area contributed by atoms with E-state index < -0.39 is 5.82 Å². The molecule has 1 fully saturated rings. The highest BCUT2D eigenvalue weighted by atomic mass is 19.1. The number of hydrogen-bond donors (Lipinski definition) is 1. The number of hydrogen-bond acceptors (Lipinski definition) is 7. The number of halogens is 2. The van der Waals surface area contributed by atoms with Crippen LogP contribution in [0.2, 0.25) is 0 Å². The van der Waals surface area contributed by atoms with Gasteiger partial charge in [-0.1, -0.05) is 26.8 Å². The van der Waals surface area contributed by atoms with Gasteiger partial charge < -0.3 is 15.1 Å². The maximum Gasteiger partial charge on any atom is 0.229 e. The molecule has 0 bridgehead atoms. The molecule has 9 heteroatoms. The Bertz CT molecular complexity index is 1300. The van der Waals surface area contributed by atoms with E-state index in [0.717, 1.165) is 63.3 Å². The highest BCUT2D eigenvalue weighted by Crippen LogP contribution is 2.41. The standard InChI is InChI=1S/C30H39F2N7/c1-6-37-9-11-38(12-10-37)18-21-7-8-27(33-16-21)35-29-34-17-25(32)28(36-29)22-13-24(31)23-15-30(4,5)19-39(20(2)3)26(23)14-22/h7-8,13-14,16-17,20H,6,9-12,15,18-19H2,1-5H3,(H,33,34,35,36). The summed E-state index contributed by atoms with van der Waals surface area (Å²) in [6, 6.07) is 7.34. The predicted molar refractivity (Wildman–Crippen MR) is 152 cm³/mol. The largest absolute Gasteiger partial charge is 0.368 e. The average molecular weight is 536 g/mol. The zero-order valence-electron chi connectivity index (χ0n) is 23.6. The van der Waals surface area contributed by atoms with E-state index in [2.05, 4.69) is 69.6 Å². The molecule has 1 N–H and O–H groups in total. The summed E-state index contributed by atoms with van der Waals surface area (Å²) in [4.78, 5) is 20.1. The van der Waals surface area contributed by atoms with Crippen LogP contribution in [0.3, 0.4) is 0 Å². The Balaban J connectivity index is 1.34. The van der Waals surface area contributed by atoms with Gasteiger partial charge in [0.05, 0.1) is 6.20 Å². The monoisotopic (exact) mass is 535 g/mol. The van der Waals surface area contributed by atoms with Crippen LogP contribution in [0.25, 0.3) is 11.3 Å². The van der Waals surface area contributed by atoms with Crippen molar-refractivity contribution in [2.45, 2.75) is 53.6 Å². The zero-order chi connectivity index (χ0) is 27.7. The average Bonchev–Trinajstić information content (AvgIpc) is 2.91. The number of fused-ring (bicyclic) bond motifs is 1. The maximum atomic E-state index is 15.4. The number of nitrogens with one attached hydrogen (secondary N) is 1. The highest BCUT2D eigenvalue weighted by Gasteiger charge is 2.34. The number of piperazine rings is 1. The van der Waals surface area contributed by atoms with E-state index in [9.17, 15) is 4.39 Å². The summed E-state index contributed by atoms with van der Waals surface area (Å²) < 4.78 is 30.3. The molecular formula is C30H39F2N7. The summed E-state index contributed by atoms with van der Waals surface area (Å²) in [5.74, 6) is -0.153. The summed E-state index contributed by atoms with van der Waals surface area (Å²) in [5.41, 5.74) is 3.02. The van der Waals surface area contributed by atoms with Crippen LogP contribution in [0.4, 0.5) is 26.2 Å². The van der Waals surface area contributed by atoms with Gasteiger partial charge in [0.25, 0.3) is 0 Å². The molecule has 1 aromatic carbocycles. The molecular weight excluding hydrogens is 496 g/mol. The molecule has 2 aliphatic rings. The molecule has 0 atom stereocenters. The quantitative estimate of drug-likeness (QED) is 0.429.